The van der Waals surface area contributed by atoms with Crippen molar-refractivity contribution in [2.24, 2.45) is 17.6 Å². The number of ether oxygens (including phenoxy) is 1. The molecule has 1 aromatic rings. The summed E-state index contributed by atoms with van der Waals surface area (Å²) < 4.78 is 6.25. The molecule has 2 N–H and O–H groups in total. The maximum absolute atomic E-state index is 6.38. The van der Waals surface area contributed by atoms with Crippen LogP contribution in [0.15, 0.2) is 22.7 Å². The lowest BCUT2D eigenvalue weighted by Gasteiger charge is -2.23. The number of benzene rings is 1. The van der Waals surface area contributed by atoms with Crippen molar-refractivity contribution in [2.45, 2.75) is 38.6 Å². The van der Waals surface area contributed by atoms with Crippen LogP contribution >= 0.6 is 15.9 Å². The summed E-state index contributed by atoms with van der Waals surface area (Å²) in [6, 6.07) is 6.52. The normalized spacial score (nSPS) is 25.1. The number of halogens is 1. The fourth-order valence-electron chi connectivity index (χ4n) is 3.07. The van der Waals surface area contributed by atoms with Crippen LogP contribution in [0.5, 0.6) is 5.75 Å². The van der Waals surface area contributed by atoms with Crippen LogP contribution in [0, 0.1) is 11.8 Å². The predicted molar refractivity (Wildman–Crippen MR) is 78.9 cm³/mol. The Morgan fingerprint density at radius 2 is 2.22 bits per heavy atom. The highest BCUT2D eigenvalue weighted by molar-refractivity contribution is 9.10. The summed E-state index contributed by atoms with van der Waals surface area (Å²) in [4.78, 5) is 0. The van der Waals surface area contributed by atoms with Crippen molar-refractivity contribution in [2.75, 3.05) is 7.11 Å². The molecule has 2 nitrogen and oxygen atoms in total. The minimum atomic E-state index is 0.280. The Labute approximate surface area is 118 Å². The van der Waals surface area contributed by atoms with E-state index in [1.54, 1.807) is 7.11 Å². The number of hydrogen-bond acceptors (Lipinski definition) is 2. The number of hydrogen-bond donors (Lipinski definition) is 1. The van der Waals surface area contributed by atoms with E-state index in [2.05, 4.69) is 35.0 Å². The Morgan fingerprint density at radius 3 is 2.78 bits per heavy atom. The molecular weight excluding hydrogens is 290 g/mol. The molecule has 3 unspecified atom stereocenters. The fraction of sp³-hybridized carbons (Fsp3) is 0.600. The number of methoxy groups -OCH3 is 1. The van der Waals surface area contributed by atoms with Crippen LogP contribution in [0.4, 0.5) is 0 Å². The van der Waals surface area contributed by atoms with Crippen LogP contribution in [0.3, 0.4) is 0 Å². The highest BCUT2D eigenvalue weighted by Gasteiger charge is 2.28. The lowest BCUT2D eigenvalue weighted by Crippen LogP contribution is -2.33. The van der Waals surface area contributed by atoms with Crippen molar-refractivity contribution in [3.05, 3.63) is 28.2 Å². The molecule has 100 valence electrons. The second-order valence-corrected chi connectivity index (χ2v) is 6.26. The highest BCUT2D eigenvalue weighted by Crippen LogP contribution is 2.34. The molecule has 3 heteroatoms. The van der Waals surface area contributed by atoms with Crippen LogP contribution in [0.25, 0.3) is 0 Å². The summed E-state index contributed by atoms with van der Waals surface area (Å²) in [5.74, 6) is 2.34. The first-order valence-electron chi connectivity index (χ1n) is 6.70. The van der Waals surface area contributed by atoms with Crippen LogP contribution in [0.2, 0.25) is 0 Å². The molecule has 18 heavy (non-hydrogen) atoms. The van der Waals surface area contributed by atoms with E-state index in [0.717, 1.165) is 22.6 Å². The van der Waals surface area contributed by atoms with Crippen LogP contribution in [-0.2, 0) is 6.42 Å². The average molecular weight is 312 g/mol. The fourth-order valence-corrected chi connectivity index (χ4v) is 3.66. The predicted octanol–water partition coefficient (Wildman–Crippen LogP) is 3.76. The monoisotopic (exact) mass is 311 g/mol. The Balaban J connectivity index is 2.02. The molecule has 1 fully saturated rings. The van der Waals surface area contributed by atoms with E-state index < -0.39 is 0 Å². The van der Waals surface area contributed by atoms with E-state index in [4.69, 9.17) is 10.5 Å². The lowest BCUT2D eigenvalue weighted by molar-refractivity contribution is 0.343. The Morgan fingerprint density at radius 1 is 1.44 bits per heavy atom. The zero-order valence-corrected chi connectivity index (χ0v) is 12.7. The molecule has 0 spiro atoms. The van der Waals surface area contributed by atoms with E-state index in [1.165, 1.54) is 24.8 Å². The van der Waals surface area contributed by atoms with E-state index in [0.29, 0.717) is 5.92 Å². The molecule has 1 aromatic carbocycles. The second-order valence-electron chi connectivity index (χ2n) is 5.41. The van der Waals surface area contributed by atoms with E-state index in [9.17, 15) is 0 Å². The van der Waals surface area contributed by atoms with E-state index in [1.807, 2.05) is 6.07 Å². The van der Waals surface area contributed by atoms with E-state index >= 15 is 0 Å². The van der Waals surface area contributed by atoms with Gasteiger partial charge in [0.1, 0.15) is 5.75 Å². The zero-order valence-electron chi connectivity index (χ0n) is 11.2. The van der Waals surface area contributed by atoms with Gasteiger partial charge in [-0.15, -0.1) is 0 Å². The molecule has 0 heterocycles. The first-order chi connectivity index (χ1) is 8.61. The maximum Gasteiger partial charge on any atom is 0.133 e. The molecule has 0 radical (unpaired) electrons. The third kappa shape index (κ3) is 3.07. The summed E-state index contributed by atoms with van der Waals surface area (Å²) in [5.41, 5.74) is 7.66. The van der Waals surface area contributed by atoms with Crippen LogP contribution in [-0.4, -0.2) is 13.2 Å². The molecular formula is C15H22BrNO. The average Bonchev–Trinajstić information content (AvgIpc) is 2.76. The standard InChI is InChI=1S/C15H22BrNO/c1-10-4-3-5-12(10)14(17)9-11-6-7-15(18-2)13(16)8-11/h6-8,10,12,14H,3-5,9,17H2,1-2H3. The summed E-state index contributed by atoms with van der Waals surface area (Å²) >= 11 is 3.53. The summed E-state index contributed by atoms with van der Waals surface area (Å²) in [7, 11) is 1.69. The van der Waals surface area contributed by atoms with Crippen LogP contribution in [0.1, 0.15) is 31.7 Å². The molecule has 2 rings (SSSR count). The van der Waals surface area contributed by atoms with Crippen LogP contribution < -0.4 is 10.5 Å². The SMILES string of the molecule is COc1ccc(CC(N)C2CCCC2C)cc1Br. The molecule has 0 saturated heterocycles. The van der Waals surface area contributed by atoms with Gasteiger partial charge in [-0.3, -0.25) is 0 Å². The van der Waals surface area contributed by atoms with Gasteiger partial charge in [-0.05, 0) is 58.3 Å². The largest absolute Gasteiger partial charge is 0.496 e. The highest BCUT2D eigenvalue weighted by atomic mass is 79.9. The van der Waals surface area contributed by atoms with Gasteiger partial charge in [0.2, 0.25) is 0 Å². The minimum Gasteiger partial charge on any atom is -0.496 e. The third-order valence-corrected chi connectivity index (χ3v) is 4.79. The summed E-state index contributed by atoms with van der Waals surface area (Å²) in [6.07, 6.45) is 4.92. The van der Waals surface area contributed by atoms with Gasteiger partial charge < -0.3 is 10.5 Å². The van der Waals surface area contributed by atoms with Gasteiger partial charge in [0.25, 0.3) is 0 Å². The Hall–Kier alpha value is -0.540. The molecule has 0 bridgehead atoms. The van der Waals surface area contributed by atoms with Crippen molar-refractivity contribution < 1.29 is 4.74 Å². The quantitative estimate of drug-likeness (QED) is 0.918. The summed E-state index contributed by atoms with van der Waals surface area (Å²) in [6.45, 7) is 2.33. The molecule has 0 amide bonds. The van der Waals surface area contributed by atoms with Gasteiger partial charge in [0.15, 0.2) is 0 Å². The zero-order chi connectivity index (χ0) is 13.1. The van der Waals surface area contributed by atoms with Crippen molar-refractivity contribution in [1.29, 1.82) is 0 Å². The molecule has 0 aromatic heterocycles. The topological polar surface area (TPSA) is 35.2 Å². The Kier molecular flexibility index (Phi) is 4.68. The van der Waals surface area contributed by atoms with Gasteiger partial charge in [-0.25, -0.2) is 0 Å². The smallest absolute Gasteiger partial charge is 0.133 e. The molecule has 1 aliphatic carbocycles. The van der Waals surface area contributed by atoms with Gasteiger partial charge in [-0.1, -0.05) is 25.8 Å². The van der Waals surface area contributed by atoms with E-state index in [-0.39, 0.29) is 6.04 Å². The maximum atomic E-state index is 6.38. The molecule has 1 aliphatic rings. The Bertz CT molecular complexity index is 407. The van der Waals surface area contributed by atoms with Crippen molar-refractivity contribution >= 4 is 15.9 Å². The van der Waals surface area contributed by atoms with Crippen molar-refractivity contribution in [3.63, 3.8) is 0 Å². The lowest BCUT2D eigenvalue weighted by atomic mass is 9.87. The molecule has 1 saturated carbocycles. The molecule has 0 aliphatic heterocycles. The first-order valence-corrected chi connectivity index (χ1v) is 7.49. The van der Waals surface area contributed by atoms with Gasteiger partial charge >= 0.3 is 0 Å². The number of nitrogens with two attached hydrogens (primary N) is 1. The van der Waals surface area contributed by atoms with Gasteiger partial charge in [-0.2, -0.15) is 0 Å². The minimum absolute atomic E-state index is 0.280. The summed E-state index contributed by atoms with van der Waals surface area (Å²) in [5, 5.41) is 0. The van der Waals surface area contributed by atoms with Gasteiger partial charge in [0, 0.05) is 6.04 Å². The third-order valence-electron chi connectivity index (χ3n) is 4.17. The number of rotatable bonds is 4. The first kappa shape index (κ1) is 13.9. The van der Waals surface area contributed by atoms with Gasteiger partial charge in [0.05, 0.1) is 11.6 Å². The van der Waals surface area contributed by atoms with Crippen molar-refractivity contribution in [3.8, 4) is 5.75 Å². The molecule has 3 atom stereocenters. The van der Waals surface area contributed by atoms with Crippen molar-refractivity contribution in [1.82, 2.24) is 0 Å². The second kappa shape index (κ2) is 6.07.